The SMILES string of the molecule is Fc1c(F)c(F)c(P2N(c3ccccc3)CCN2c2ccccc2)c(F)c1F. The van der Waals surface area contributed by atoms with Crippen LogP contribution in [-0.2, 0) is 0 Å². The summed E-state index contributed by atoms with van der Waals surface area (Å²) in [6.07, 6.45) is 0. The van der Waals surface area contributed by atoms with Crippen molar-refractivity contribution in [1.82, 2.24) is 0 Å². The Morgan fingerprint density at radius 1 is 0.536 bits per heavy atom. The maximum absolute atomic E-state index is 14.7. The fourth-order valence-electron chi connectivity index (χ4n) is 3.20. The van der Waals surface area contributed by atoms with E-state index in [0.717, 1.165) is 0 Å². The van der Waals surface area contributed by atoms with Gasteiger partial charge in [0.15, 0.2) is 23.3 Å². The van der Waals surface area contributed by atoms with Gasteiger partial charge >= 0.3 is 0 Å². The van der Waals surface area contributed by atoms with Crippen LogP contribution in [0.25, 0.3) is 0 Å². The molecule has 0 amide bonds. The number of para-hydroxylation sites is 2. The lowest BCUT2D eigenvalue weighted by molar-refractivity contribution is 0.384. The van der Waals surface area contributed by atoms with Crippen LogP contribution >= 0.6 is 8.22 Å². The van der Waals surface area contributed by atoms with Crippen molar-refractivity contribution in [3.8, 4) is 0 Å². The zero-order chi connectivity index (χ0) is 19.8. The van der Waals surface area contributed by atoms with Gasteiger partial charge in [-0.2, -0.15) is 0 Å². The van der Waals surface area contributed by atoms with Crippen molar-refractivity contribution >= 4 is 24.9 Å². The van der Waals surface area contributed by atoms with Gasteiger partial charge < -0.3 is 9.34 Å². The molecule has 28 heavy (non-hydrogen) atoms. The summed E-state index contributed by atoms with van der Waals surface area (Å²) in [7, 11) is -2.04. The van der Waals surface area contributed by atoms with E-state index in [0.29, 0.717) is 24.5 Å². The molecule has 0 radical (unpaired) electrons. The van der Waals surface area contributed by atoms with E-state index in [1.807, 2.05) is 0 Å². The summed E-state index contributed by atoms with van der Waals surface area (Å²) >= 11 is 0. The molecule has 1 aliphatic rings. The number of hydrogen-bond donors (Lipinski definition) is 0. The molecule has 1 saturated heterocycles. The van der Waals surface area contributed by atoms with Gasteiger partial charge in [-0.25, -0.2) is 22.0 Å². The lowest BCUT2D eigenvalue weighted by Crippen LogP contribution is -2.29. The normalized spacial score (nSPS) is 14.8. The van der Waals surface area contributed by atoms with Gasteiger partial charge in [-0.15, -0.1) is 0 Å². The van der Waals surface area contributed by atoms with Gasteiger partial charge in [-0.1, -0.05) is 36.4 Å². The lowest BCUT2D eigenvalue weighted by atomic mass is 10.3. The van der Waals surface area contributed by atoms with Crippen LogP contribution in [0.15, 0.2) is 60.7 Å². The fourth-order valence-corrected chi connectivity index (χ4v) is 5.75. The highest BCUT2D eigenvalue weighted by atomic mass is 31.1. The third kappa shape index (κ3) is 3.00. The molecule has 3 aromatic rings. The van der Waals surface area contributed by atoms with Crippen molar-refractivity contribution in [2.45, 2.75) is 0 Å². The molecular weight excluding hydrogens is 394 g/mol. The van der Waals surface area contributed by atoms with Crippen molar-refractivity contribution in [2.24, 2.45) is 0 Å². The minimum absolute atomic E-state index is 0.379. The number of nitrogens with zero attached hydrogens (tertiary/aromatic N) is 2. The van der Waals surface area contributed by atoms with Crippen LogP contribution in [0.2, 0.25) is 0 Å². The Labute approximate surface area is 159 Å². The maximum atomic E-state index is 14.7. The van der Waals surface area contributed by atoms with E-state index in [9.17, 15) is 22.0 Å². The van der Waals surface area contributed by atoms with Crippen LogP contribution in [0.3, 0.4) is 0 Å². The van der Waals surface area contributed by atoms with Gasteiger partial charge in [0.25, 0.3) is 0 Å². The topological polar surface area (TPSA) is 6.48 Å². The molecule has 1 heterocycles. The Kier molecular flexibility index (Phi) is 4.94. The number of hydrogen-bond acceptors (Lipinski definition) is 2. The minimum Gasteiger partial charge on any atom is -0.328 e. The quantitative estimate of drug-likeness (QED) is 0.250. The molecular formula is C20H14F5N2P. The number of benzene rings is 3. The molecule has 0 spiro atoms. The minimum atomic E-state index is -2.15. The second-order valence-electron chi connectivity index (χ2n) is 6.13. The first-order valence-corrected chi connectivity index (χ1v) is 9.72. The number of anilines is 2. The number of halogens is 5. The van der Waals surface area contributed by atoms with Gasteiger partial charge in [0.1, 0.15) is 8.22 Å². The largest absolute Gasteiger partial charge is 0.328 e. The van der Waals surface area contributed by atoms with Crippen LogP contribution in [-0.4, -0.2) is 13.1 Å². The second kappa shape index (κ2) is 7.40. The molecule has 0 bridgehead atoms. The summed E-state index contributed by atoms with van der Waals surface area (Å²) in [5, 5.41) is -0.795. The molecule has 0 aromatic heterocycles. The summed E-state index contributed by atoms with van der Waals surface area (Å²) in [5.41, 5.74) is 1.30. The van der Waals surface area contributed by atoms with Crippen molar-refractivity contribution in [1.29, 1.82) is 0 Å². The molecule has 0 N–H and O–H groups in total. The molecule has 2 nitrogen and oxygen atoms in total. The standard InChI is InChI=1S/C20H14F5N2P/c21-15-16(22)18(24)20(19(25)17(15)23)28-26(13-7-3-1-4-8-13)11-12-27(28)14-9-5-2-6-10-14/h1-10H,11-12H2. The van der Waals surface area contributed by atoms with Crippen LogP contribution < -0.4 is 14.6 Å². The third-order valence-electron chi connectivity index (χ3n) is 4.48. The first-order chi connectivity index (χ1) is 13.5. The predicted molar refractivity (Wildman–Crippen MR) is 100 cm³/mol. The zero-order valence-electron chi connectivity index (χ0n) is 14.4. The Balaban J connectivity index is 1.92. The summed E-state index contributed by atoms with van der Waals surface area (Å²) in [5.74, 6) is -9.57. The average molecular weight is 408 g/mol. The average Bonchev–Trinajstić information content (AvgIpc) is 3.17. The van der Waals surface area contributed by atoms with E-state index in [-0.39, 0.29) is 0 Å². The molecule has 0 aliphatic carbocycles. The second-order valence-corrected chi connectivity index (χ2v) is 8.12. The van der Waals surface area contributed by atoms with Gasteiger partial charge in [-0.05, 0) is 24.3 Å². The van der Waals surface area contributed by atoms with Crippen molar-refractivity contribution < 1.29 is 22.0 Å². The van der Waals surface area contributed by atoms with E-state index in [4.69, 9.17) is 0 Å². The molecule has 0 unspecified atom stereocenters. The highest BCUT2D eigenvalue weighted by Crippen LogP contribution is 2.53. The van der Waals surface area contributed by atoms with E-state index >= 15 is 0 Å². The Morgan fingerprint density at radius 3 is 1.29 bits per heavy atom. The zero-order valence-corrected chi connectivity index (χ0v) is 15.3. The van der Waals surface area contributed by atoms with E-state index in [2.05, 4.69) is 0 Å². The molecule has 4 rings (SSSR count). The predicted octanol–water partition coefficient (Wildman–Crippen LogP) is 5.35. The van der Waals surface area contributed by atoms with Crippen LogP contribution in [0.1, 0.15) is 0 Å². The van der Waals surface area contributed by atoms with Crippen molar-refractivity contribution in [2.75, 3.05) is 22.4 Å². The Hall–Kier alpha value is -2.66. The highest BCUT2D eigenvalue weighted by molar-refractivity contribution is 7.69. The molecule has 144 valence electrons. The third-order valence-corrected chi connectivity index (χ3v) is 7.05. The Bertz CT molecular complexity index is 924. The fraction of sp³-hybridized carbons (Fsp3) is 0.100. The van der Waals surface area contributed by atoms with Crippen LogP contribution in [0, 0.1) is 29.1 Å². The summed E-state index contributed by atoms with van der Waals surface area (Å²) < 4.78 is 74.2. The van der Waals surface area contributed by atoms with Gasteiger partial charge in [-0.3, -0.25) is 0 Å². The molecule has 0 saturated carbocycles. The van der Waals surface area contributed by atoms with Crippen LogP contribution in [0.4, 0.5) is 33.3 Å². The highest BCUT2D eigenvalue weighted by Gasteiger charge is 2.41. The van der Waals surface area contributed by atoms with Gasteiger partial charge in [0.05, 0.1) is 5.30 Å². The first kappa shape index (κ1) is 18.7. The molecule has 1 fully saturated rings. The monoisotopic (exact) mass is 408 g/mol. The van der Waals surface area contributed by atoms with E-state index in [1.165, 1.54) is 0 Å². The summed E-state index contributed by atoms with van der Waals surface area (Å²) in [6.45, 7) is 0.758. The smallest absolute Gasteiger partial charge is 0.200 e. The maximum Gasteiger partial charge on any atom is 0.200 e. The molecule has 8 heteroatoms. The summed E-state index contributed by atoms with van der Waals surface area (Å²) in [6, 6.07) is 17.6. The molecule has 3 aromatic carbocycles. The number of rotatable bonds is 3. The van der Waals surface area contributed by atoms with Gasteiger partial charge in [0.2, 0.25) is 5.82 Å². The Morgan fingerprint density at radius 2 is 0.893 bits per heavy atom. The van der Waals surface area contributed by atoms with E-state index in [1.54, 1.807) is 70.0 Å². The van der Waals surface area contributed by atoms with E-state index < -0.39 is 42.6 Å². The lowest BCUT2D eigenvalue weighted by Gasteiger charge is -2.32. The van der Waals surface area contributed by atoms with Crippen molar-refractivity contribution in [3.05, 3.63) is 89.7 Å². The molecule has 0 atom stereocenters. The summed E-state index contributed by atoms with van der Waals surface area (Å²) in [4.78, 5) is 0. The van der Waals surface area contributed by atoms with Crippen molar-refractivity contribution in [3.63, 3.8) is 0 Å². The molecule has 1 aliphatic heterocycles. The van der Waals surface area contributed by atoms with Gasteiger partial charge in [0, 0.05) is 24.5 Å². The first-order valence-electron chi connectivity index (χ1n) is 8.47. The van der Waals surface area contributed by atoms with Crippen LogP contribution in [0.5, 0.6) is 0 Å².